The van der Waals surface area contributed by atoms with Crippen molar-refractivity contribution in [3.63, 3.8) is 0 Å². The van der Waals surface area contributed by atoms with Gasteiger partial charge in [0.15, 0.2) is 6.61 Å². The van der Waals surface area contributed by atoms with E-state index in [9.17, 15) is 5.11 Å². The second kappa shape index (κ2) is 5.54. The molecule has 1 atom stereocenters. The van der Waals surface area contributed by atoms with E-state index >= 15 is 0 Å². The maximum absolute atomic E-state index is 9.94. The molecule has 0 amide bonds. The van der Waals surface area contributed by atoms with Crippen LogP contribution >= 0.6 is 0 Å². The zero-order chi connectivity index (χ0) is 14.8. The Kier molecular flexibility index (Phi) is 3.58. The summed E-state index contributed by atoms with van der Waals surface area (Å²) in [5.74, 6) is 1.64. The van der Waals surface area contributed by atoms with Crippen molar-refractivity contribution in [3.8, 4) is 5.75 Å². The summed E-state index contributed by atoms with van der Waals surface area (Å²) in [5, 5.41) is 15.8. The molecule has 1 N–H and O–H groups in total. The predicted molar refractivity (Wildman–Crippen MR) is 77.9 cm³/mol. The predicted octanol–water partition coefficient (Wildman–Crippen LogP) is 3.16. The summed E-state index contributed by atoms with van der Waals surface area (Å²) in [6.45, 7) is 3.65. The molecule has 5 heteroatoms. The van der Waals surface area contributed by atoms with Crippen molar-refractivity contribution in [1.29, 1.82) is 0 Å². The van der Waals surface area contributed by atoms with Gasteiger partial charge >= 0.3 is 0 Å². The van der Waals surface area contributed by atoms with E-state index in [0.717, 1.165) is 16.3 Å². The lowest BCUT2D eigenvalue weighted by molar-refractivity contribution is 0.190. The summed E-state index contributed by atoms with van der Waals surface area (Å²) < 4.78 is 10.8. The van der Waals surface area contributed by atoms with Gasteiger partial charge in [-0.3, -0.25) is 0 Å². The van der Waals surface area contributed by atoms with Gasteiger partial charge in [-0.2, -0.15) is 4.98 Å². The number of aromatic nitrogens is 2. The number of aliphatic hydroxyl groups is 1. The van der Waals surface area contributed by atoms with Crippen LogP contribution in [0.2, 0.25) is 0 Å². The van der Waals surface area contributed by atoms with E-state index in [-0.39, 0.29) is 6.61 Å². The summed E-state index contributed by atoms with van der Waals surface area (Å²) in [5.41, 5.74) is 0.744. The van der Waals surface area contributed by atoms with Gasteiger partial charge in [-0.25, -0.2) is 0 Å². The highest BCUT2D eigenvalue weighted by Gasteiger charge is 2.14. The molecule has 1 heterocycles. The highest BCUT2D eigenvalue weighted by molar-refractivity contribution is 5.89. The molecule has 0 spiro atoms. The standard InChI is InChI=1S/C16H16N2O3/c1-10(19)13-8-7-12-5-3-4-6-14(12)16(13)20-9-15-17-11(2)21-18-15/h3-8,10,19H,9H2,1-2H3/t10-/m0/s1. The van der Waals surface area contributed by atoms with E-state index in [4.69, 9.17) is 9.26 Å². The molecule has 0 bridgehead atoms. The summed E-state index contributed by atoms with van der Waals surface area (Å²) in [6, 6.07) is 11.7. The van der Waals surface area contributed by atoms with Crippen LogP contribution in [0.3, 0.4) is 0 Å². The van der Waals surface area contributed by atoms with Crippen LogP contribution in [0, 0.1) is 6.92 Å². The fourth-order valence-corrected chi connectivity index (χ4v) is 2.29. The van der Waals surface area contributed by atoms with Gasteiger partial charge in [0.25, 0.3) is 0 Å². The first-order valence-corrected chi connectivity index (χ1v) is 6.77. The van der Waals surface area contributed by atoms with Crippen molar-refractivity contribution < 1.29 is 14.4 Å². The Balaban J connectivity index is 1.99. The molecule has 1 aromatic heterocycles. The fourth-order valence-electron chi connectivity index (χ4n) is 2.29. The van der Waals surface area contributed by atoms with Crippen LogP contribution in [0.25, 0.3) is 10.8 Å². The average Bonchev–Trinajstić information content (AvgIpc) is 2.90. The topological polar surface area (TPSA) is 68.4 Å². The molecule has 108 valence electrons. The SMILES string of the molecule is Cc1nc(COc2c([C@H](C)O)ccc3ccccc23)no1. The lowest BCUT2D eigenvalue weighted by Crippen LogP contribution is -2.03. The number of hydrogen-bond donors (Lipinski definition) is 1. The number of hydrogen-bond acceptors (Lipinski definition) is 5. The zero-order valence-corrected chi connectivity index (χ0v) is 11.9. The maximum atomic E-state index is 9.94. The number of fused-ring (bicyclic) bond motifs is 1. The molecule has 21 heavy (non-hydrogen) atoms. The van der Waals surface area contributed by atoms with E-state index in [0.29, 0.717) is 17.5 Å². The van der Waals surface area contributed by atoms with Gasteiger partial charge in [-0.05, 0) is 12.3 Å². The largest absolute Gasteiger partial charge is 0.484 e. The van der Waals surface area contributed by atoms with Crippen LogP contribution in [0.15, 0.2) is 40.9 Å². The smallest absolute Gasteiger partial charge is 0.223 e. The van der Waals surface area contributed by atoms with Crippen molar-refractivity contribution in [2.24, 2.45) is 0 Å². The Morgan fingerprint density at radius 2 is 2.05 bits per heavy atom. The minimum atomic E-state index is -0.614. The minimum Gasteiger partial charge on any atom is -0.484 e. The van der Waals surface area contributed by atoms with Crippen LogP contribution in [0.1, 0.15) is 30.3 Å². The van der Waals surface area contributed by atoms with Gasteiger partial charge in [0.2, 0.25) is 11.7 Å². The summed E-state index contributed by atoms with van der Waals surface area (Å²) in [7, 11) is 0. The van der Waals surface area contributed by atoms with Crippen molar-refractivity contribution in [3.05, 3.63) is 53.7 Å². The second-order valence-electron chi connectivity index (χ2n) is 4.90. The first kappa shape index (κ1) is 13.6. The highest BCUT2D eigenvalue weighted by atomic mass is 16.5. The molecule has 0 saturated carbocycles. The van der Waals surface area contributed by atoms with E-state index in [2.05, 4.69) is 10.1 Å². The normalized spacial score (nSPS) is 12.5. The number of benzene rings is 2. The quantitative estimate of drug-likeness (QED) is 0.797. The third kappa shape index (κ3) is 2.73. The van der Waals surface area contributed by atoms with Gasteiger partial charge in [-0.1, -0.05) is 41.6 Å². The van der Waals surface area contributed by atoms with Crippen LogP contribution in [-0.2, 0) is 6.61 Å². The summed E-state index contributed by atoms with van der Waals surface area (Å²) in [6.07, 6.45) is -0.614. The molecular formula is C16H16N2O3. The Hall–Kier alpha value is -2.40. The molecule has 0 saturated heterocycles. The number of ether oxygens (including phenoxy) is 1. The molecule has 0 aliphatic rings. The molecule has 0 aliphatic carbocycles. The van der Waals surface area contributed by atoms with E-state index in [1.807, 2.05) is 36.4 Å². The van der Waals surface area contributed by atoms with Crippen LogP contribution in [0.4, 0.5) is 0 Å². The third-order valence-electron chi connectivity index (χ3n) is 3.28. The van der Waals surface area contributed by atoms with Gasteiger partial charge in [-0.15, -0.1) is 0 Å². The maximum Gasteiger partial charge on any atom is 0.223 e. The minimum absolute atomic E-state index is 0.199. The number of aliphatic hydroxyl groups excluding tert-OH is 1. The Bertz CT molecular complexity index is 765. The van der Waals surface area contributed by atoms with Crippen molar-refractivity contribution in [2.45, 2.75) is 26.6 Å². The van der Waals surface area contributed by atoms with Crippen LogP contribution < -0.4 is 4.74 Å². The molecule has 3 aromatic rings. The van der Waals surface area contributed by atoms with E-state index < -0.39 is 6.10 Å². The Morgan fingerprint density at radius 3 is 2.76 bits per heavy atom. The van der Waals surface area contributed by atoms with E-state index in [1.165, 1.54) is 0 Å². The molecule has 2 aromatic carbocycles. The Morgan fingerprint density at radius 1 is 1.24 bits per heavy atom. The van der Waals surface area contributed by atoms with E-state index in [1.54, 1.807) is 13.8 Å². The zero-order valence-electron chi connectivity index (χ0n) is 11.9. The molecule has 0 fully saturated rings. The fraction of sp³-hybridized carbons (Fsp3) is 0.250. The molecule has 0 unspecified atom stereocenters. The Labute approximate surface area is 122 Å². The second-order valence-corrected chi connectivity index (χ2v) is 4.90. The first-order valence-electron chi connectivity index (χ1n) is 6.77. The number of rotatable bonds is 4. The van der Waals surface area contributed by atoms with Gasteiger partial charge in [0, 0.05) is 17.9 Å². The van der Waals surface area contributed by atoms with Crippen molar-refractivity contribution in [2.75, 3.05) is 0 Å². The molecular weight excluding hydrogens is 268 g/mol. The monoisotopic (exact) mass is 284 g/mol. The summed E-state index contributed by atoms with van der Waals surface area (Å²) >= 11 is 0. The lowest BCUT2D eigenvalue weighted by Gasteiger charge is -2.15. The molecule has 3 rings (SSSR count). The van der Waals surface area contributed by atoms with Crippen LogP contribution in [0.5, 0.6) is 5.75 Å². The van der Waals surface area contributed by atoms with Gasteiger partial charge < -0.3 is 14.4 Å². The molecule has 0 aliphatic heterocycles. The number of nitrogens with zero attached hydrogens (tertiary/aromatic N) is 2. The third-order valence-corrected chi connectivity index (χ3v) is 3.28. The van der Waals surface area contributed by atoms with Gasteiger partial charge in [0.05, 0.1) is 6.10 Å². The molecule has 0 radical (unpaired) electrons. The first-order chi connectivity index (χ1) is 10.1. The average molecular weight is 284 g/mol. The summed E-state index contributed by atoms with van der Waals surface area (Å²) in [4.78, 5) is 4.12. The highest BCUT2D eigenvalue weighted by Crippen LogP contribution is 2.34. The molecule has 5 nitrogen and oxygen atoms in total. The lowest BCUT2D eigenvalue weighted by atomic mass is 10.0. The van der Waals surface area contributed by atoms with Gasteiger partial charge in [0.1, 0.15) is 5.75 Å². The number of aryl methyl sites for hydroxylation is 1. The van der Waals surface area contributed by atoms with Crippen LogP contribution in [-0.4, -0.2) is 15.2 Å². The van der Waals surface area contributed by atoms with Crippen molar-refractivity contribution in [1.82, 2.24) is 10.1 Å². The van der Waals surface area contributed by atoms with Crippen molar-refractivity contribution >= 4 is 10.8 Å².